The fraction of sp³-hybridized carbons (Fsp3) is 0. The Kier molecular flexibility index (Phi) is 5.55. The van der Waals surface area contributed by atoms with Gasteiger partial charge in [0.15, 0.2) is 17.5 Å². The SMILES string of the molecule is [2H]c1c([2H])c([2H])c2c(oc3c([2H])c([2H])c([2H])c(-c4nc(-c5cccc(-c6ccc(-c7ccc8ccccc8c7)cc6)c5)nc(-c5cccc6sc7ccccc7c56)n4)c32)c1[2H]. The lowest BCUT2D eigenvalue weighted by molar-refractivity contribution is 0.669. The van der Waals surface area contributed by atoms with Gasteiger partial charge in [-0.05, 0) is 69.4 Å². The molecule has 0 amide bonds. The zero-order valence-electron chi connectivity index (χ0n) is 35.4. The van der Waals surface area contributed by atoms with Crippen LogP contribution in [0.25, 0.3) is 109 Å². The lowest BCUT2D eigenvalue weighted by Crippen LogP contribution is -2.01. The van der Waals surface area contributed by atoms with Gasteiger partial charge in [-0.1, -0.05) is 139 Å². The third kappa shape index (κ3) is 5.09. The molecule has 5 heteroatoms. The summed E-state index contributed by atoms with van der Waals surface area (Å²) < 4.78 is 69.4. The van der Waals surface area contributed by atoms with E-state index in [0.29, 0.717) is 11.4 Å². The minimum absolute atomic E-state index is 0.000269. The smallest absolute Gasteiger partial charge is 0.164 e. The average Bonchev–Trinajstić information content (AvgIpc) is 3.89. The number of fused-ring (bicyclic) bond motifs is 7. The Morgan fingerprint density at radius 3 is 1.98 bits per heavy atom. The first-order valence-electron chi connectivity index (χ1n) is 20.9. The zero-order chi connectivity index (χ0) is 41.7. The van der Waals surface area contributed by atoms with Gasteiger partial charge in [0.2, 0.25) is 0 Å². The Hall–Kier alpha value is -6.95. The number of hydrogen-bond acceptors (Lipinski definition) is 5. The maximum atomic E-state index is 9.28. The topological polar surface area (TPSA) is 51.8 Å². The van der Waals surface area contributed by atoms with Crippen LogP contribution in [0.4, 0.5) is 0 Å². The molecule has 54 heavy (non-hydrogen) atoms. The molecule has 0 unspecified atom stereocenters. The van der Waals surface area contributed by atoms with Gasteiger partial charge in [-0.2, -0.15) is 0 Å². The van der Waals surface area contributed by atoms with Crippen molar-refractivity contribution < 1.29 is 14.0 Å². The summed E-state index contributed by atoms with van der Waals surface area (Å²) in [6.07, 6.45) is 0. The third-order valence-corrected chi connectivity index (χ3v) is 11.0. The van der Waals surface area contributed by atoms with Crippen LogP contribution in [0.2, 0.25) is 0 Å². The lowest BCUT2D eigenvalue weighted by Gasteiger charge is -2.11. The molecule has 0 bridgehead atoms. The number of rotatable bonds is 5. The quantitative estimate of drug-likeness (QED) is 0.178. The summed E-state index contributed by atoms with van der Waals surface area (Å²) in [5, 5.41) is 4.40. The van der Waals surface area contributed by atoms with Crippen LogP contribution in [0, 0.1) is 0 Å². The highest BCUT2D eigenvalue weighted by Gasteiger charge is 2.20. The number of thiophene rings is 1. The lowest BCUT2D eigenvalue weighted by atomic mass is 9.97. The standard InChI is InChI=1S/C49H29N3OS/c1-2-11-33-28-35(27-26-30(33)10-1)32-24-22-31(23-25-32)34-12-7-13-36(29-34)47-50-48(39-16-8-19-42-45(39)37-14-3-5-18-41(37)53-42)52-49(51-47)40-17-9-21-44-46(40)38-15-4-6-20-43(38)54-44/h1-29H/i3D,5D,8D,14D,16D,18D,19D. The normalized spacial score (nSPS) is 13.5. The summed E-state index contributed by atoms with van der Waals surface area (Å²) in [4.78, 5) is 15.1. The van der Waals surface area contributed by atoms with Crippen molar-refractivity contribution in [2.24, 2.45) is 0 Å². The fourth-order valence-corrected chi connectivity index (χ4v) is 8.42. The first-order chi connectivity index (χ1) is 29.6. The first kappa shape index (κ1) is 24.3. The van der Waals surface area contributed by atoms with Crippen molar-refractivity contribution in [3.63, 3.8) is 0 Å². The van der Waals surface area contributed by atoms with E-state index < -0.39 is 36.3 Å². The van der Waals surface area contributed by atoms with Crippen molar-refractivity contribution >= 4 is 64.2 Å². The van der Waals surface area contributed by atoms with E-state index in [4.69, 9.17) is 27.6 Å². The fourth-order valence-electron chi connectivity index (χ4n) is 7.29. The minimum Gasteiger partial charge on any atom is -0.456 e. The molecule has 8 aromatic carbocycles. The highest BCUT2D eigenvalue weighted by molar-refractivity contribution is 7.25. The van der Waals surface area contributed by atoms with Gasteiger partial charge in [-0.15, -0.1) is 11.3 Å². The molecule has 11 aromatic rings. The molecule has 0 aliphatic carbocycles. The van der Waals surface area contributed by atoms with Crippen molar-refractivity contribution in [2.45, 2.75) is 0 Å². The van der Waals surface area contributed by atoms with Crippen molar-refractivity contribution in [3.8, 4) is 56.4 Å². The van der Waals surface area contributed by atoms with Gasteiger partial charge in [0.1, 0.15) is 11.2 Å². The number of para-hydroxylation sites is 1. The molecule has 3 aromatic heterocycles. The van der Waals surface area contributed by atoms with E-state index in [0.717, 1.165) is 48.0 Å². The van der Waals surface area contributed by atoms with Gasteiger partial charge in [0, 0.05) is 47.6 Å². The van der Waals surface area contributed by atoms with Crippen molar-refractivity contribution in [2.75, 3.05) is 0 Å². The Morgan fingerprint density at radius 1 is 0.426 bits per heavy atom. The molecule has 0 saturated heterocycles. The summed E-state index contributed by atoms with van der Waals surface area (Å²) >= 11 is 1.66. The Labute approximate surface area is 324 Å². The number of nitrogens with zero attached hydrogens (tertiary/aromatic N) is 3. The Bertz CT molecular complexity index is 3640. The predicted octanol–water partition coefficient (Wildman–Crippen LogP) is 13.6. The summed E-state index contributed by atoms with van der Waals surface area (Å²) in [6.45, 7) is 0. The minimum atomic E-state index is -0.495. The average molecular weight is 715 g/mol. The van der Waals surface area contributed by atoms with Crippen LogP contribution in [-0.4, -0.2) is 15.0 Å². The van der Waals surface area contributed by atoms with Crippen LogP contribution in [0.15, 0.2) is 180 Å². The zero-order valence-corrected chi connectivity index (χ0v) is 29.2. The number of hydrogen-bond donors (Lipinski definition) is 0. The number of aromatic nitrogens is 3. The van der Waals surface area contributed by atoms with Gasteiger partial charge in [-0.3, -0.25) is 0 Å². The molecule has 0 radical (unpaired) electrons. The Morgan fingerprint density at radius 2 is 1.09 bits per heavy atom. The van der Waals surface area contributed by atoms with Crippen LogP contribution >= 0.6 is 11.3 Å². The van der Waals surface area contributed by atoms with Crippen LogP contribution in [0.3, 0.4) is 0 Å². The van der Waals surface area contributed by atoms with Gasteiger partial charge in [-0.25, -0.2) is 15.0 Å². The van der Waals surface area contributed by atoms with E-state index in [9.17, 15) is 1.37 Å². The molecule has 0 saturated carbocycles. The first-order valence-corrected chi connectivity index (χ1v) is 18.3. The van der Waals surface area contributed by atoms with Crippen LogP contribution < -0.4 is 0 Å². The second-order valence-electron chi connectivity index (χ2n) is 13.1. The highest BCUT2D eigenvalue weighted by atomic mass is 32.1. The molecule has 11 rings (SSSR count). The molecule has 0 aliphatic rings. The Balaban J connectivity index is 1.13. The summed E-state index contributed by atoms with van der Waals surface area (Å²) in [5.74, 6) is 0.596. The summed E-state index contributed by atoms with van der Waals surface area (Å²) in [5.41, 5.74) is 5.18. The van der Waals surface area contributed by atoms with Crippen molar-refractivity contribution in [3.05, 3.63) is 176 Å². The molecular formula is C49H29N3OS. The van der Waals surface area contributed by atoms with Crippen LogP contribution in [-0.2, 0) is 0 Å². The number of benzene rings is 8. The van der Waals surface area contributed by atoms with E-state index in [1.54, 1.807) is 11.3 Å². The number of furan rings is 1. The predicted molar refractivity (Wildman–Crippen MR) is 225 cm³/mol. The van der Waals surface area contributed by atoms with E-state index in [1.165, 1.54) is 10.8 Å². The van der Waals surface area contributed by atoms with Gasteiger partial charge in [0.25, 0.3) is 0 Å². The monoisotopic (exact) mass is 714 g/mol. The van der Waals surface area contributed by atoms with Crippen LogP contribution in [0.5, 0.6) is 0 Å². The van der Waals surface area contributed by atoms with E-state index in [2.05, 4.69) is 72.8 Å². The molecule has 0 spiro atoms. The molecule has 3 heterocycles. The highest BCUT2D eigenvalue weighted by Crippen LogP contribution is 2.41. The molecule has 4 nitrogen and oxygen atoms in total. The van der Waals surface area contributed by atoms with E-state index in [-0.39, 0.29) is 45.2 Å². The summed E-state index contributed by atoms with van der Waals surface area (Å²) in [7, 11) is 0. The second-order valence-corrected chi connectivity index (χ2v) is 14.1. The van der Waals surface area contributed by atoms with E-state index >= 15 is 0 Å². The van der Waals surface area contributed by atoms with Crippen molar-refractivity contribution in [1.29, 1.82) is 0 Å². The molecule has 0 aliphatic heterocycles. The van der Waals surface area contributed by atoms with E-state index in [1.807, 2.05) is 60.7 Å². The maximum Gasteiger partial charge on any atom is 0.164 e. The molecule has 0 N–H and O–H groups in total. The van der Waals surface area contributed by atoms with Crippen LogP contribution in [0.1, 0.15) is 9.60 Å². The second kappa shape index (κ2) is 12.3. The van der Waals surface area contributed by atoms with Crippen molar-refractivity contribution in [1.82, 2.24) is 15.0 Å². The largest absolute Gasteiger partial charge is 0.456 e. The van der Waals surface area contributed by atoms with Gasteiger partial charge >= 0.3 is 0 Å². The molecule has 0 atom stereocenters. The van der Waals surface area contributed by atoms with Gasteiger partial charge in [0.05, 0.1) is 9.60 Å². The molecular weight excluding hydrogens is 679 g/mol. The maximum absolute atomic E-state index is 9.28. The molecule has 0 fully saturated rings. The van der Waals surface area contributed by atoms with Gasteiger partial charge < -0.3 is 4.42 Å². The third-order valence-electron chi connectivity index (χ3n) is 9.87. The summed E-state index contributed by atoms with van der Waals surface area (Å²) in [6, 6.07) is 42.0. The molecule has 252 valence electrons.